The van der Waals surface area contributed by atoms with Gasteiger partial charge < -0.3 is 10.2 Å². The van der Waals surface area contributed by atoms with Gasteiger partial charge in [0.1, 0.15) is 0 Å². The third-order valence-electron chi connectivity index (χ3n) is 5.09. The molecule has 4 aromatic rings. The van der Waals surface area contributed by atoms with Crippen LogP contribution in [0.1, 0.15) is 18.4 Å². The highest BCUT2D eigenvalue weighted by Crippen LogP contribution is 2.39. The van der Waals surface area contributed by atoms with Crippen molar-refractivity contribution in [2.24, 2.45) is 5.92 Å². The molecule has 4 aromatic carbocycles. The first kappa shape index (κ1) is 15.4. The first-order valence-corrected chi connectivity index (χ1v) is 8.11. The van der Waals surface area contributed by atoms with Crippen molar-refractivity contribution >= 4 is 44.3 Å². The second kappa shape index (κ2) is 5.45. The van der Waals surface area contributed by atoms with Crippen molar-refractivity contribution in [2.45, 2.75) is 12.8 Å². The fraction of sp³-hybridized carbons (Fsp3) is 0.143. The molecule has 0 fully saturated rings. The van der Waals surface area contributed by atoms with E-state index in [0.717, 1.165) is 37.9 Å². The summed E-state index contributed by atoms with van der Waals surface area (Å²) in [7, 11) is 0. The van der Waals surface area contributed by atoms with Crippen LogP contribution in [0.3, 0.4) is 0 Å². The van der Waals surface area contributed by atoms with Crippen molar-refractivity contribution in [1.82, 2.24) is 0 Å². The number of aliphatic carboxylic acids is 2. The molecule has 4 nitrogen and oxygen atoms in total. The molecule has 2 N–H and O–H groups in total. The summed E-state index contributed by atoms with van der Waals surface area (Å²) in [5.74, 6) is -4.74. The Kier molecular flexibility index (Phi) is 3.35. The van der Waals surface area contributed by atoms with Gasteiger partial charge in [0.15, 0.2) is 5.92 Å². The summed E-state index contributed by atoms with van der Waals surface area (Å²) in [6.07, 6.45) is 0. The number of benzene rings is 4. The largest absolute Gasteiger partial charge is 0.481 e. The summed E-state index contributed by atoms with van der Waals surface area (Å²) >= 11 is 0. The average molecular weight is 332 g/mol. The van der Waals surface area contributed by atoms with Gasteiger partial charge in [-0.3, -0.25) is 9.59 Å². The fourth-order valence-corrected chi connectivity index (χ4v) is 3.87. The lowest BCUT2D eigenvalue weighted by molar-refractivity contribution is -0.155. The Labute approximate surface area is 143 Å². The highest BCUT2D eigenvalue weighted by molar-refractivity contribution is 6.23. The van der Waals surface area contributed by atoms with E-state index < -0.39 is 23.8 Å². The molecule has 0 radical (unpaired) electrons. The second-order valence-corrected chi connectivity index (χ2v) is 6.45. The molecule has 124 valence electrons. The third kappa shape index (κ3) is 2.22. The van der Waals surface area contributed by atoms with E-state index in [-0.39, 0.29) is 0 Å². The van der Waals surface area contributed by atoms with Gasteiger partial charge >= 0.3 is 11.9 Å². The molecular weight excluding hydrogens is 316 g/mol. The van der Waals surface area contributed by atoms with Crippen molar-refractivity contribution in [3.05, 3.63) is 60.2 Å². The van der Waals surface area contributed by atoms with Gasteiger partial charge in [0.05, 0.1) is 0 Å². The molecule has 0 aliphatic rings. The number of hydrogen-bond donors (Lipinski definition) is 2. The first-order chi connectivity index (χ1) is 12.0. The SMILES string of the molecule is C[C@H](c1ccc2ccc3cccc4ccc1c2c34)C(C(=O)O)C(=O)O. The fourth-order valence-electron chi connectivity index (χ4n) is 3.87. The van der Waals surface area contributed by atoms with Crippen LogP contribution in [0.2, 0.25) is 0 Å². The third-order valence-corrected chi connectivity index (χ3v) is 5.09. The number of hydrogen-bond acceptors (Lipinski definition) is 2. The smallest absolute Gasteiger partial charge is 0.318 e. The van der Waals surface area contributed by atoms with Gasteiger partial charge in [0.2, 0.25) is 0 Å². The average Bonchev–Trinajstić information content (AvgIpc) is 2.58. The predicted molar refractivity (Wildman–Crippen MR) is 97.3 cm³/mol. The summed E-state index contributed by atoms with van der Waals surface area (Å²) in [4.78, 5) is 22.9. The molecule has 0 heterocycles. The highest BCUT2D eigenvalue weighted by Gasteiger charge is 2.33. The van der Waals surface area contributed by atoms with Gasteiger partial charge in [0.25, 0.3) is 0 Å². The minimum Gasteiger partial charge on any atom is -0.481 e. The maximum atomic E-state index is 11.4. The standard InChI is InChI=1S/C21H16O4/c1-11(17(20(22)23)21(24)25)15-9-7-14-6-5-12-3-2-4-13-8-10-16(15)19(14)18(12)13/h2-11,17H,1H3,(H,22,23)(H,24,25)/t11-/m1/s1. The molecule has 0 aliphatic carbocycles. The minimum atomic E-state index is -1.47. The lowest BCUT2D eigenvalue weighted by Gasteiger charge is -2.20. The Bertz CT molecular complexity index is 1100. The molecule has 0 bridgehead atoms. The van der Waals surface area contributed by atoms with Crippen molar-refractivity contribution in [3.8, 4) is 0 Å². The van der Waals surface area contributed by atoms with Crippen molar-refractivity contribution < 1.29 is 19.8 Å². The Morgan fingerprint density at radius 2 is 1.28 bits per heavy atom. The van der Waals surface area contributed by atoms with Crippen LogP contribution in [0.4, 0.5) is 0 Å². The maximum absolute atomic E-state index is 11.4. The van der Waals surface area contributed by atoms with E-state index in [2.05, 4.69) is 18.2 Å². The van der Waals surface area contributed by atoms with E-state index in [1.807, 2.05) is 36.4 Å². The molecule has 0 aliphatic heterocycles. The van der Waals surface area contributed by atoms with Crippen LogP contribution in [-0.2, 0) is 9.59 Å². The van der Waals surface area contributed by atoms with Crippen LogP contribution in [0, 0.1) is 5.92 Å². The summed E-state index contributed by atoms with van der Waals surface area (Å²) in [5.41, 5.74) is 0.751. The van der Waals surface area contributed by atoms with Crippen LogP contribution in [0.5, 0.6) is 0 Å². The number of carboxylic acids is 2. The molecule has 0 spiro atoms. The Hall–Kier alpha value is -3.14. The van der Waals surface area contributed by atoms with E-state index in [4.69, 9.17) is 0 Å². The van der Waals surface area contributed by atoms with Crippen LogP contribution < -0.4 is 0 Å². The first-order valence-electron chi connectivity index (χ1n) is 8.11. The lowest BCUT2D eigenvalue weighted by atomic mass is 9.82. The van der Waals surface area contributed by atoms with Crippen molar-refractivity contribution in [1.29, 1.82) is 0 Å². The predicted octanol–water partition coefficient (Wildman–Crippen LogP) is 4.47. The Morgan fingerprint density at radius 3 is 1.88 bits per heavy atom. The molecule has 0 amide bonds. The summed E-state index contributed by atoms with van der Waals surface area (Å²) < 4.78 is 0. The van der Waals surface area contributed by atoms with Crippen LogP contribution in [0.15, 0.2) is 54.6 Å². The van der Waals surface area contributed by atoms with Gasteiger partial charge in [-0.15, -0.1) is 0 Å². The Balaban J connectivity index is 2.05. The van der Waals surface area contributed by atoms with E-state index in [1.165, 1.54) is 0 Å². The lowest BCUT2D eigenvalue weighted by Crippen LogP contribution is -2.28. The van der Waals surface area contributed by atoms with Gasteiger partial charge in [-0.05, 0) is 37.9 Å². The minimum absolute atomic E-state index is 0.639. The molecule has 0 saturated heterocycles. The van der Waals surface area contributed by atoms with Crippen molar-refractivity contribution in [3.63, 3.8) is 0 Å². The number of carboxylic acid groups (broad SMARTS) is 2. The molecule has 25 heavy (non-hydrogen) atoms. The van der Waals surface area contributed by atoms with E-state index in [9.17, 15) is 19.8 Å². The van der Waals surface area contributed by atoms with Gasteiger partial charge in [-0.25, -0.2) is 0 Å². The molecule has 1 atom stereocenters. The summed E-state index contributed by atoms with van der Waals surface area (Å²) in [6, 6.07) is 18.0. The quantitative estimate of drug-likeness (QED) is 0.427. The topological polar surface area (TPSA) is 74.6 Å². The number of carbonyl (C=O) groups is 2. The van der Waals surface area contributed by atoms with Crippen molar-refractivity contribution in [2.75, 3.05) is 0 Å². The van der Waals surface area contributed by atoms with Crippen LogP contribution in [-0.4, -0.2) is 22.2 Å². The maximum Gasteiger partial charge on any atom is 0.318 e. The Morgan fingerprint density at radius 1 is 0.760 bits per heavy atom. The molecule has 4 heteroatoms. The molecule has 0 unspecified atom stereocenters. The number of rotatable bonds is 4. The van der Waals surface area contributed by atoms with E-state index in [0.29, 0.717) is 0 Å². The molecule has 0 aromatic heterocycles. The van der Waals surface area contributed by atoms with Gasteiger partial charge in [-0.2, -0.15) is 0 Å². The monoisotopic (exact) mass is 332 g/mol. The highest BCUT2D eigenvalue weighted by atomic mass is 16.4. The molecule has 0 saturated carbocycles. The zero-order valence-electron chi connectivity index (χ0n) is 13.6. The summed E-state index contributed by atoms with van der Waals surface area (Å²) in [6.45, 7) is 1.67. The molecule has 4 rings (SSSR count). The zero-order chi connectivity index (χ0) is 17.7. The normalized spacial score (nSPS) is 13.0. The zero-order valence-corrected chi connectivity index (χ0v) is 13.6. The second-order valence-electron chi connectivity index (χ2n) is 6.45. The van der Waals surface area contributed by atoms with Gasteiger partial charge in [-0.1, -0.05) is 61.5 Å². The van der Waals surface area contributed by atoms with Gasteiger partial charge in [0, 0.05) is 5.92 Å². The molecular formula is C21H16O4. The summed E-state index contributed by atoms with van der Waals surface area (Å²) in [5, 5.41) is 25.1. The van der Waals surface area contributed by atoms with Crippen LogP contribution in [0.25, 0.3) is 32.3 Å². The van der Waals surface area contributed by atoms with E-state index in [1.54, 1.807) is 6.92 Å². The van der Waals surface area contributed by atoms with E-state index >= 15 is 0 Å². The van der Waals surface area contributed by atoms with Crippen LogP contribution >= 0.6 is 0 Å².